The fourth-order valence-electron chi connectivity index (χ4n) is 5.14. The third-order valence-corrected chi connectivity index (χ3v) is 9.40. The number of ether oxygens (including phenoxy) is 2. The highest BCUT2D eigenvalue weighted by Gasteiger charge is 2.21. The highest BCUT2D eigenvalue weighted by atomic mass is 31.2. The van der Waals surface area contributed by atoms with Crippen LogP contribution in [0.15, 0.2) is 48.6 Å². The minimum atomic E-state index is -4.65. The van der Waals surface area contributed by atoms with Crippen molar-refractivity contribution in [2.24, 2.45) is 0 Å². The molecule has 1 N–H and O–H groups in total. The topological polar surface area (TPSA) is 131 Å². The zero-order valence-electron chi connectivity index (χ0n) is 34.1. The van der Waals surface area contributed by atoms with Gasteiger partial charge in [0, 0.05) is 12.8 Å². The van der Waals surface area contributed by atoms with Gasteiger partial charge in [0.05, 0.1) is 33.9 Å². The van der Waals surface area contributed by atoms with Crippen LogP contribution in [0.4, 0.5) is 0 Å². The Morgan fingerprint density at radius 3 is 1.94 bits per heavy atom. The molecule has 0 aromatic rings. The SMILES string of the molecule is CCCCC/C=C\C=C/[C@H](O)C/C=C\C/C=C/CCCC(=O)O[C@H](COC(=O)CCCCCCCCCCCCC)COP(=O)([O-])OCC[N+](C)(C)C. The molecule has 0 amide bonds. The van der Waals surface area contributed by atoms with Crippen molar-refractivity contribution in [3.05, 3.63) is 48.6 Å². The zero-order chi connectivity index (χ0) is 39.5. The van der Waals surface area contributed by atoms with Gasteiger partial charge in [-0.1, -0.05) is 140 Å². The second-order valence-corrected chi connectivity index (χ2v) is 16.3. The molecule has 10 nitrogen and oxygen atoms in total. The number of phosphoric acid groups is 1. The summed E-state index contributed by atoms with van der Waals surface area (Å²) in [6, 6.07) is 0. The number of carbonyl (C=O) groups is 2. The van der Waals surface area contributed by atoms with Gasteiger partial charge in [0.15, 0.2) is 6.10 Å². The second-order valence-electron chi connectivity index (χ2n) is 14.9. The number of carbonyl (C=O) groups excluding carboxylic acids is 2. The molecule has 0 aromatic carbocycles. The molecule has 0 radical (unpaired) electrons. The minimum Gasteiger partial charge on any atom is -0.756 e. The number of hydrogen-bond donors (Lipinski definition) is 1. The van der Waals surface area contributed by atoms with Crippen LogP contribution >= 0.6 is 7.82 Å². The quantitative estimate of drug-likeness (QED) is 0.0165. The Morgan fingerprint density at radius 2 is 1.28 bits per heavy atom. The predicted octanol–water partition coefficient (Wildman–Crippen LogP) is 9.47. The molecule has 0 fully saturated rings. The number of aliphatic hydroxyl groups excluding tert-OH is 1. The van der Waals surface area contributed by atoms with Crippen LogP contribution in [-0.4, -0.2) is 81.2 Å². The van der Waals surface area contributed by atoms with Crippen LogP contribution in [-0.2, 0) is 32.7 Å². The maximum absolute atomic E-state index is 12.6. The summed E-state index contributed by atoms with van der Waals surface area (Å²) in [7, 11) is 1.09. The average molecular weight is 770 g/mol. The Bertz CT molecular complexity index is 1070. The first-order valence-electron chi connectivity index (χ1n) is 20.5. The number of hydrogen-bond acceptors (Lipinski definition) is 9. The fourth-order valence-corrected chi connectivity index (χ4v) is 5.87. The molecule has 11 heteroatoms. The van der Waals surface area contributed by atoms with Crippen molar-refractivity contribution in [2.45, 2.75) is 161 Å². The summed E-state index contributed by atoms with van der Waals surface area (Å²) >= 11 is 0. The number of quaternary nitrogens is 1. The molecule has 0 saturated heterocycles. The summed E-state index contributed by atoms with van der Waals surface area (Å²) in [5.74, 6) is -0.945. The van der Waals surface area contributed by atoms with Gasteiger partial charge in [0.2, 0.25) is 0 Å². The van der Waals surface area contributed by atoms with E-state index in [0.29, 0.717) is 43.1 Å². The zero-order valence-corrected chi connectivity index (χ0v) is 35.0. The van der Waals surface area contributed by atoms with Crippen LogP contribution < -0.4 is 4.89 Å². The van der Waals surface area contributed by atoms with Gasteiger partial charge in [0.1, 0.15) is 19.8 Å². The molecule has 1 unspecified atom stereocenters. The Balaban J connectivity index is 4.58. The van der Waals surface area contributed by atoms with E-state index in [0.717, 1.165) is 25.7 Å². The number of esters is 2. The monoisotopic (exact) mass is 770 g/mol. The molecule has 53 heavy (non-hydrogen) atoms. The lowest BCUT2D eigenvalue weighted by atomic mass is 10.1. The summed E-state index contributed by atoms with van der Waals surface area (Å²) in [6.07, 6.45) is 34.6. The van der Waals surface area contributed by atoms with E-state index in [-0.39, 0.29) is 26.1 Å². The van der Waals surface area contributed by atoms with Crippen LogP contribution in [0.3, 0.4) is 0 Å². The first-order chi connectivity index (χ1) is 25.4. The van der Waals surface area contributed by atoms with Gasteiger partial charge in [-0.2, -0.15) is 0 Å². The molecule has 3 atom stereocenters. The molecule has 0 spiro atoms. The predicted molar refractivity (Wildman–Crippen MR) is 214 cm³/mol. The van der Waals surface area contributed by atoms with E-state index in [1.807, 2.05) is 57.6 Å². The van der Waals surface area contributed by atoms with Crippen LogP contribution in [0, 0.1) is 0 Å². The standard InChI is InChI=1S/C42H76NO9P/c1-6-8-10-12-14-15-16-17-21-25-29-33-41(45)49-37-40(38-51-53(47,48)50-36-35-43(3,4)5)52-42(46)34-30-26-22-18-20-24-28-32-39(44)31-27-23-19-13-11-9-7-2/h18-19,22-24,27-28,31,39-40,44H,6-17,20-21,25-26,29-30,32-38H2,1-5H3/b22-18+,23-19-,28-24-,31-27-/t39-,40+/m0/s1. The van der Waals surface area contributed by atoms with Crippen molar-refractivity contribution in [2.75, 3.05) is 47.5 Å². The molecule has 0 heterocycles. The number of nitrogens with zero attached hydrogens (tertiary/aromatic N) is 1. The van der Waals surface area contributed by atoms with Crippen molar-refractivity contribution in [1.82, 2.24) is 0 Å². The lowest BCUT2D eigenvalue weighted by molar-refractivity contribution is -0.870. The van der Waals surface area contributed by atoms with Gasteiger partial charge in [-0.05, 0) is 44.9 Å². The lowest BCUT2D eigenvalue weighted by Crippen LogP contribution is -2.37. The summed E-state index contributed by atoms with van der Waals surface area (Å²) in [6.45, 7) is 4.01. The van der Waals surface area contributed by atoms with Gasteiger partial charge in [-0.25, -0.2) is 0 Å². The Hall–Kier alpha value is -2.07. The minimum absolute atomic E-state index is 0.0532. The second kappa shape index (κ2) is 34.4. The van der Waals surface area contributed by atoms with Crippen molar-refractivity contribution in [3.8, 4) is 0 Å². The molecule has 0 saturated carbocycles. The molecule has 0 aliphatic carbocycles. The first kappa shape index (κ1) is 50.9. The third-order valence-electron chi connectivity index (χ3n) is 8.43. The van der Waals surface area contributed by atoms with E-state index >= 15 is 0 Å². The first-order valence-corrected chi connectivity index (χ1v) is 21.9. The maximum Gasteiger partial charge on any atom is 0.306 e. The van der Waals surface area contributed by atoms with Crippen molar-refractivity contribution in [3.63, 3.8) is 0 Å². The molecule has 0 aliphatic rings. The summed E-state index contributed by atoms with van der Waals surface area (Å²) in [5, 5.41) is 10.1. The van der Waals surface area contributed by atoms with E-state index in [4.69, 9.17) is 18.5 Å². The van der Waals surface area contributed by atoms with Crippen LogP contribution in [0.25, 0.3) is 0 Å². The summed E-state index contributed by atoms with van der Waals surface area (Å²) in [4.78, 5) is 37.4. The smallest absolute Gasteiger partial charge is 0.306 e. The van der Waals surface area contributed by atoms with Crippen molar-refractivity contribution in [1.29, 1.82) is 0 Å². The number of unbranched alkanes of at least 4 members (excludes halogenated alkanes) is 14. The van der Waals surface area contributed by atoms with Gasteiger partial charge < -0.3 is 33.0 Å². The normalized spacial score (nSPS) is 14.8. The van der Waals surface area contributed by atoms with Crippen LogP contribution in [0.5, 0.6) is 0 Å². The Labute approximate surface area is 323 Å². The van der Waals surface area contributed by atoms with Gasteiger partial charge >= 0.3 is 11.9 Å². The molecule has 0 rings (SSSR count). The molecule has 308 valence electrons. The largest absolute Gasteiger partial charge is 0.756 e. The highest BCUT2D eigenvalue weighted by Crippen LogP contribution is 2.38. The van der Waals surface area contributed by atoms with Crippen molar-refractivity contribution < 1.29 is 47.2 Å². The number of allylic oxidation sites excluding steroid dienone is 6. The number of rotatable bonds is 36. The van der Waals surface area contributed by atoms with Gasteiger partial charge in [-0.3, -0.25) is 14.2 Å². The molecule has 0 bridgehead atoms. The number of phosphoric ester groups is 1. The Kier molecular flexibility index (Phi) is 33.1. The number of aliphatic hydroxyl groups is 1. The van der Waals surface area contributed by atoms with Crippen LogP contribution in [0.2, 0.25) is 0 Å². The third kappa shape index (κ3) is 38.0. The number of likely N-dealkylation sites (N-methyl/N-ethyl adjacent to an activating group) is 1. The van der Waals surface area contributed by atoms with E-state index in [1.165, 1.54) is 64.2 Å². The molecular weight excluding hydrogens is 693 g/mol. The maximum atomic E-state index is 12.6. The Morgan fingerprint density at radius 1 is 0.698 bits per heavy atom. The molecule has 0 aliphatic heterocycles. The van der Waals surface area contributed by atoms with E-state index in [9.17, 15) is 24.2 Å². The van der Waals surface area contributed by atoms with Crippen LogP contribution in [0.1, 0.15) is 149 Å². The molecule has 0 aromatic heterocycles. The lowest BCUT2D eigenvalue weighted by Gasteiger charge is -2.28. The van der Waals surface area contributed by atoms with E-state index < -0.39 is 38.6 Å². The van der Waals surface area contributed by atoms with E-state index in [1.54, 1.807) is 6.08 Å². The van der Waals surface area contributed by atoms with Gasteiger partial charge in [0.25, 0.3) is 7.82 Å². The van der Waals surface area contributed by atoms with Crippen molar-refractivity contribution >= 4 is 19.8 Å². The average Bonchev–Trinajstić information content (AvgIpc) is 3.10. The van der Waals surface area contributed by atoms with Gasteiger partial charge in [-0.15, -0.1) is 0 Å². The summed E-state index contributed by atoms with van der Waals surface area (Å²) in [5.41, 5.74) is 0. The highest BCUT2D eigenvalue weighted by molar-refractivity contribution is 7.45. The van der Waals surface area contributed by atoms with E-state index in [2.05, 4.69) is 19.9 Å². The fraction of sp³-hybridized carbons (Fsp3) is 0.762. The summed E-state index contributed by atoms with van der Waals surface area (Å²) < 4.78 is 33.7. The molecular formula is C42H76NO9P.